The number of carbonyl (C=O) groups excluding carboxylic acids is 1. The van der Waals surface area contributed by atoms with Gasteiger partial charge in [0.15, 0.2) is 5.70 Å². The van der Waals surface area contributed by atoms with Gasteiger partial charge in [0.25, 0.3) is 0 Å². The van der Waals surface area contributed by atoms with Crippen molar-refractivity contribution in [3.63, 3.8) is 0 Å². The van der Waals surface area contributed by atoms with E-state index in [2.05, 4.69) is 4.99 Å². The van der Waals surface area contributed by atoms with Gasteiger partial charge in [-0.15, -0.1) is 0 Å². The molecule has 0 amide bonds. The number of rotatable bonds is 2. The standard InChI is InChI=1S/C16H7Cl4NO2/c17-10-5-4-8(6-12(10)19)7-13-16(22)23-15(21-13)9-2-1-3-11(18)14(9)20/h1-7H/b13-7+. The highest BCUT2D eigenvalue weighted by molar-refractivity contribution is 6.44. The zero-order valence-electron chi connectivity index (χ0n) is 11.3. The molecule has 0 aliphatic carbocycles. The highest BCUT2D eigenvalue weighted by Crippen LogP contribution is 2.30. The number of halogens is 4. The van der Waals surface area contributed by atoms with E-state index < -0.39 is 5.97 Å². The molecular weight excluding hydrogens is 380 g/mol. The summed E-state index contributed by atoms with van der Waals surface area (Å²) < 4.78 is 5.16. The van der Waals surface area contributed by atoms with Crippen LogP contribution in [0.3, 0.4) is 0 Å². The van der Waals surface area contributed by atoms with Gasteiger partial charge in [-0.05, 0) is 35.9 Å². The Balaban J connectivity index is 1.99. The molecule has 3 nitrogen and oxygen atoms in total. The first kappa shape index (κ1) is 16.3. The van der Waals surface area contributed by atoms with E-state index in [9.17, 15) is 4.79 Å². The van der Waals surface area contributed by atoms with Crippen molar-refractivity contribution in [1.29, 1.82) is 0 Å². The van der Waals surface area contributed by atoms with Crippen LogP contribution in [0.25, 0.3) is 6.08 Å². The van der Waals surface area contributed by atoms with E-state index in [4.69, 9.17) is 51.1 Å². The van der Waals surface area contributed by atoms with Gasteiger partial charge in [0.05, 0.1) is 25.7 Å². The summed E-state index contributed by atoms with van der Waals surface area (Å²) in [4.78, 5) is 16.1. The van der Waals surface area contributed by atoms with Crippen molar-refractivity contribution in [3.8, 4) is 0 Å². The molecule has 1 heterocycles. The maximum absolute atomic E-state index is 12.0. The number of esters is 1. The summed E-state index contributed by atoms with van der Waals surface area (Å²) in [5, 5.41) is 1.44. The molecule has 0 radical (unpaired) electrons. The molecule has 0 bridgehead atoms. The van der Waals surface area contributed by atoms with Gasteiger partial charge in [0, 0.05) is 0 Å². The third-order valence-corrected chi connectivity index (χ3v) is 4.61. The molecule has 0 spiro atoms. The van der Waals surface area contributed by atoms with Crippen molar-refractivity contribution in [1.82, 2.24) is 0 Å². The van der Waals surface area contributed by atoms with Crippen LogP contribution in [0.4, 0.5) is 0 Å². The number of hydrogen-bond acceptors (Lipinski definition) is 3. The summed E-state index contributed by atoms with van der Waals surface area (Å²) in [5.41, 5.74) is 1.26. The van der Waals surface area contributed by atoms with Crippen LogP contribution in [0.5, 0.6) is 0 Å². The molecule has 7 heteroatoms. The lowest BCUT2D eigenvalue weighted by Gasteiger charge is -2.03. The van der Waals surface area contributed by atoms with Gasteiger partial charge in [-0.1, -0.05) is 58.5 Å². The van der Waals surface area contributed by atoms with Crippen LogP contribution in [-0.4, -0.2) is 11.9 Å². The van der Waals surface area contributed by atoms with E-state index in [1.807, 2.05) is 0 Å². The minimum absolute atomic E-state index is 0.105. The molecule has 116 valence electrons. The largest absolute Gasteiger partial charge is 0.402 e. The zero-order valence-corrected chi connectivity index (χ0v) is 14.3. The number of benzene rings is 2. The van der Waals surface area contributed by atoms with Crippen molar-refractivity contribution >= 4 is 64.3 Å². The summed E-state index contributed by atoms with van der Waals surface area (Å²) in [6, 6.07) is 9.98. The predicted molar refractivity (Wildman–Crippen MR) is 93.5 cm³/mol. The van der Waals surface area contributed by atoms with Gasteiger partial charge in [-0.2, -0.15) is 0 Å². The number of carbonyl (C=O) groups is 1. The van der Waals surface area contributed by atoms with E-state index in [-0.39, 0.29) is 16.6 Å². The Labute approximate surface area is 152 Å². The van der Waals surface area contributed by atoms with Gasteiger partial charge >= 0.3 is 5.97 Å². The number of nitrogens with zero attached hydrogens (tertiary/aromatic N) is 1. The molecule has 0 fully saturated rings. The summed E-state index contributed by atoms with van der Waals surface area (Å²) in [6.45, 7) is 0. The fourth-order valence-corrected chi connectivity index (χ4v) is 2.64. The summed E-state index contributed by atoms with van der Waals surface area (Å²) in [6.07, 6.45) is 1.55. The summed E-state index contributed by atoms with van der Waals surface area (Å²) in [7, 11) is 0. The van der Waals surface area contributed by atoms with Crippen LogP contribution in [0.2, 0.25) is 20.1 Å². The third kappa shape index (κ3) is 3.38. The second-order valence-corrected chi connectivity index (χ2v) is 6.21. The topological polar surface area (TPSA) is 38.7 Å². The smallest absolute Gasteiger partial charge is 0.363 e. The molecule has 23 heavy (non-hydrogen) atoms. The molecule has 0 unspecified atom stereocenters. The zero-order chi connectivity index (χ0) is 16.6. The Morgan fingerprint density at radius 2 is 1.74 bits per heavy atom. The Morgan fingerprint density at radius 1 is 0.957 bits per heavy atom. The van der Waals surface area contributed by atoms with Crippen molar-refractivity contribution < 1.29 is 9.53 Å². The Bertz CT molecular complexity index is 874. The van der Waals surface area contributed by atoms with E-state index >= 15 is 0 Å². The van der Waals surface area contributed by atoms with Gasteiger partial charge in [-0.25, -0.2) is 9.79 Å². The first-order chi connectivity index (χ1) is 11.0. The molecule has 1 aliphatic heterocycles. The Kier molecular flexibility index (Phi) is 4.64. The van der Waals surface area contributed by atoms with Crippen LogP contribution in [0, 0.1) is 0 Å². The van der Waals surface area contributed by atoms with Crippen molar-refractivity contribution in [2.45, 2.75) is 0 Å². The van der Waals surface area contributed by atoms with Gasteiger partial charge in [-0.3, -0.25) is 0 Å². The van der Waals surface area contributed by atoms with Crippen LogP contribution < -0.4 is 0 Å². The minimum atomic E-state index is -0.581. The van der Waals surface area contributed by atoms with Crippen LogP contribution in [-0.2, 0) is 9.53 Å². The van der Waals surface area contributed by atoms with E-state index in [0.717, 1.165) is 0 Å². The Morgan fingerprint density at radius 3 is 2.48 bits per heavy atom. The lowest BCUT2D eigenvalue weighted by Crippen LogP contribution is -2.06. The first-order valence-electron chi connectivity index (χ1n) is 6.37. The van der Waals surface area contributed by atoms with E-state index in [0.29, 0.717) is 26.2 Å². The molecule has 0 saturated carbocycles. The molecule has 0 N–H and O–H groups in total. The molecule has 1 aliphatic rings. The number of ether oxygens (including phenoxy) is 1. The predicted octanol–water partition coefficient (Wildman–Crippen LogP) is 5.64. The fourth-order valence-electron chi connectivity index (χ4n) is 1.95. The average Bonchev–Trinajstić information content (AvgIpc) is 2.87. The summed E-state index contributed by atoms with van der Waals surface area (Å²) >= 11 is 23.9. The highest BCUT2D eigenvalue weighted by Gasteiger charge is 2.26. The third-order valence-electron chi connectivity index (χ3n) is 3.05. The van der Waals surface area contributed by atoms with E-state index in [1.54, 1.807) is 42.5 Å². The molecule has 3 rings (SSSR count). The van der Waals surface area contributed by atoms with Gasteiger partial charge < -0.3 is 4.74 Å². The number of aliphatic imine (C=N–C) groups is 1. The first-order valence-corrected chi connectivity index (χ1v) is 7.89. The molecular formula is C16H7Cl4NO2. The quantitative estimate of drug-likeness (QED) is 0.494. The monoisotopic (exact) mass is 385 g/mol. The lowest BCUT2D eigenvalue weighted by atomic mass is 10.2. The minimum Gasteiger partial charge on any atom is -0.402 e. The van der Waals surface area contributed by atoms with Gasteiger partial charge in [0.2, 0.25) is 5.90 Å². The molecule has 0 aromatic heterocycles. The molecule has 2 aromatic rings. The summed E-state index contributed by atoms with van der Waals surface area (Å²) in [5.74, 6) is -0.476. The SMILES string of the molecule is O=C1OC(c2cccc(Cl)c2Cl)=N/C1=C/c1ccc(Cl)c(Cl)c1. The maximum Gasteiger partial charge on any atom is 0.363 e. The normalized spacial score (nSPS) is 15.7. The van der Waals surface area contributed by atoms with Crippen LogP contribution in [0.15, 0.2) is 47.1 Å². The van der Waals surface area contributed by atoms with Crippen LogP contribution >= 0.6 is 46.4 Å². The maximum atomic E-state index is 12.0. The second-order valence-electron chi connectivity index (χ2n) is 4.61. The van der Waals surface area contributed by atoms with Gasteiger partial charge in [0.1, 0.15) is 0 Å². The Hall–Kier alpha value is -1.52. The van der Waals surface area contributed by atoms with Crippen molar-refractivity contribution in [2.24, 2.45) is 4.99 Å². The fraction of sp³-hybridized carbons (Fsp3) is 0. The molecule has 0 saturated heterocycles. The molecule has 0 atom stereocenters. The van der Waals surface area contributed by atoms with E-state index in [1.165, 1.54) is 0 Å². The number of hydrogen-bond donors (Lipinski definition) is 0. The van der Waals surface area contributed by atoms with Crippen LogP contribution in [0.1, 0.15) is 11.1 Å². The lowest BCUT2D eigenvalue weighted by molar-refractivity contribution is -0.129. The second kappa shape index (κ2) is 6.54. The molecule has 2 aromatic carbocycles. The average molecular weight is 387 g/mol. The highest BCUT2D eigenvalue weighted by atomic mass is 35.5. The van der Waals surface area contributed by atoms with Crippen molar-refractivity contribution in [2.75, 3.05) is 0 Å². The number of cyclic esters (lactones) is 1. The van der Waals surface area contributed by atoms with Crippen molar-refractivity contribution in [3.05, 3.63) is 73.3 Å².